The first-order valence-corrected chi connectivity index (χ1v) is 11.0. The van der Waals surface area contributed by atoms with Crippen LogP contribution in [0.1, 0.15) is 21.3 Å². The van der Waals surface area contributed by atoms with Gasteiger partial charge in [0.25, 0.3) is 5.91 Å². The number of hydrogen-bond acceptors (Lipinski definition) is 5. The van der Waals surface area contributed by atoms with Crippen LogP contribution in [0.2, 0.25) is 0 Å². The molecule has 6 nitrogen and oxygen atoms in total. The number of morpholine rings is 1. The van der Waals surface area contributed by atoms with Gasteiger partial charge in [-0.05, 0) is 0 Å². The van der Waals surface area contributed by atoms with E-state index in [0.717, 1.165) is 27.4 Å². The molecule has 2 aromatic carbocycles. The number of carbonyl (C=O) groups is 1. The van der Waals surface area contributed by atoms with Crippen LogP contribution in [0.4, 0.5) is 0 Å². The van der Waals surface area contributed by atoms with Gasteiger partial charge < -0.3 is 9.64 Å². The molecule has 0 bridgehead atoms. The highest BCUT2D eigenvalue weighted by molar-refractivity contribution is 7.17. The smallest absolute Gasteiger partial charge is 0.266 e. The summed E-state index contributed by atoms with van der Waals surface area (Å²) >= 11 is 1.45. The monoisotopic (exact) mass is 430 g/mol. The zero-order chi connectivity index (χ0) is 21.2. The summed E-state index contributed by atoms with van der Waals surface area (Å²) in [4.78, 5) is 21.0. The summed E-state index contributed by atoms with van der Waals surface area (Å²) in [6.45, 7) is 1.55. The SMILES string of the molecule is Cn1cc([C@@H]2CN(C(=O)c3sc(-c4ccccc4)nc3-c3ccccc3)CCO2)cn1. The minimum Gasteiger partial charge on any atom is -0.370 e. The van der Waals surface area contributed by atoms with E-state index in [1.165, 1.54) is 11.3 Å². The van der Waals surface area contributed by atoms with Crippen LogP contribution in [-0.2, 0) is 11.8 Å². The topological polar surface area (TPSA) is 60.2 Å². The molecule has 31 heavy (non-hydrogen) atoms. The fraction of sp³-hybridized carbons (Fsp3) is 0.208. The normalized spacial score (nSPS) is 16.4. The summed E-state index contributed by atoms with van der Waals surface area (Å²) in [5, 5.41) is 5.08. The Hall–Kier alpha value is -3.29. The maximum absolute atomic E-state index is 13.6. The highest BCUT2D eigenvalue weighted by atomic mass is 32.1. The molecule has 1 aliphatic rings. The molecule has 1 saturated heterocycles. The minimum atomic E-state index is -0.173. The quantitative estimate of drug-likeness (QED) is 0.481. The predicted octanol–water partition coefficient (Wildman–Crippen LogP) is 4.42. The van der Waals surface area contributed by atoms with Gasteiger partial charge in [-0.15, -0.1) is 11.3 Å². The molecule has 2 aromatic heterocycles. The third-order valence-corrected chi connectivity index (χ3v) is 6.43. The van der Waals surface area contributed by atoms with Gasteiger partial charge >= 0.3 is 0 Å². The number of hydrogen-bond donors (Lipinski definition) is 0. The Kier molecular flexibility index (Phi) is 5.36. The van der Waals surface area contributed by atoms with Gasteiger partial charge in [-0.25, -0.2) is 4.98 Å². The standard InChI is InChI=1S/C24H22N4O2S/c1-27-15-19(14-25-27)20-16-28(12-13-30-20)24(29)22-21(17-8-4-2-5-9-17)26-23(31-22)18-10-6-3-7-11-18/h2-11,14-15,20H,12-13,16H2,1H3/t20-/m0/s1. The van der Waals surface area contributed by atoms with Crippen molar-refractivity contribution in [2.45, 2.75) is 6.10 Å². The van der Waals surface area contributed by atoms with Crippen LogP contribution < -0.4 is 0 Å². The van der Waals surface area contributed by atoms with E-state index in [2.05, 4.69) is 5.10 Å². The van der Waals surface area contributed by atoms with Gasteiger partial charge in [-0.1, -0.05) is 60.7 Å². The summed E-state index contributed by atoms with van der Waals surface area (Å²) in [5.41, 5.74) is 3.68. The second-order valence-electron chi connectivity index (χ2n) is 7.49. The third-order valence-electron chi connectivity index (χ3n) is 5.34. The van der Waals surface area contributed by atoms with E-state index in [1.807, 2.05) is 78.8 Å². The lowest BCUT2D eigenvalue weighted by Crippen LogP contribution is -2.42. The van der Waals surface area contributed by atoms with E-state index in [1.54, 1.807) is 10.9 Å². The van der Waals surface area contributed by atoms with E-state index < -0.39 is 0 Å². The van der Waals surface area contributed by atoms with Crippen LogP contribution in [0, 0.1) is 0 Å². The van der Waals surface area contributed by atoms with Gasteiger partial charge in [0, 0.05) is 36.5 Å². The zero-order valence-corrected chi connectivity index (χ0v) is 18.0. The first-order chi connectivity index (χ1) is 15.2. The van der Waals surface area contributed by atoms with Crippen LogP contribution in [0.15, 0.2) is 73.1 Å². The summed E-state index contributed by atoms with van der Waals surface area (Å²) in [5.74, 6) is -0.00396. The molecule has 1 fully saturated rings. The third kappa shape index (κ3) is 4.02. The number of benzene rings is 2. The fourth-order valence-electron chi connectivity index (χ4n) is 3.75. The number of aryl methyl sites for hydroxylation is 1. The average molecular weight is 431 g/mol. The van der Waals surface area contributed by atoms with Crippen LogP contribution in [-0.4, -0.2) is 45.3 Å². The highest BCUT2D eigenvalue weighted by Gasteiger charge is 2.30. The van der Waals surface area contributed by atoms with E-state index in [0.29, 0.717) is 24.6 Å². The maximum Gasteiger partial charge on any atom is 0.266 e. The van der Waals surface area contributed by atoms with Crippen LogP contribution in [0.5, 0.6) is 0 Å². The fourth-order valence-corrected chi connectivity index (χ4v) is 4.81. The van der Waals surface area contributed by atoms with Crippen molar-refractivity contribution >= 4 is 17.2 Å². The molecule has 0 aliphatic carbocycles. The Morgan fingerprint density at radius 1 is 1.06 bits per heavy atom. The average Bonchev–Trinajstić information content (AvgIpc) is 3.47. The molecule has 0 saturated carbocycles. The van der Waals surface area contributed by atoms with Gasteiger partial charge in [0.2, 0.25) is 0 Å². The summed E-state index contributed by atoms with van der Waals surface area (Å²) < 4.78 is 7.68. The van der Waals surface area contributed by atoms with Crippen molar-refractivity contribution in [3.05, 3.63) is 83.5 Å². The van der Waals surface area contributed by atoms with E-state index >= 15 is 0 Å². The molecule has 4 aromatic rings. The first-order valence-electron chi connectivity index (χ1n) is 10.2. The number of carbonyl (C=O) groups excluding carboxylic acids is 1. The van der Waals surface area contributed by atoms with Crippen LogP contribution in [0.25, 0.3) is 21.8 Å². The summed E-state index contributed by atoms with van der Waals surface area (Å²) in [6, 6.07) is 19.9. The molecular weight excluding hydrogens is 408 g/mol. The molecule has 3 heterocycles. The minimum absolute atomic E-state index is 0.00396. The lowest BCUT2D eigenvalue weighted by molar-refractivity contribution is -0.0226. The van der Waals surface area contributed by atoms with Crippen molar-refractivity contribution in [1.29, 1.82) is 0 Å². The second-order valence-corrected chi connectivity index (χ2v) is 8.49. The number of amides is 1. The van der Waals surface area contributed by atoms with Gasteiger partial charge in [0.15, 0.2) is 0 Å². The number of thiazole rings is 1. The molecule has 156 valence electrons. The van der Waals surface area contributed by atoms with Gasteiger partial charge in [-0.3, -0.25) is 9.48 Å². The van der Waals surface area contributed by atoms with E-state index in [-0.39, 0.29) is 12.0 Å². The van der Waals surface area contributed by atoms with Crippen molar-refractivity contribution in [3.8, 4) is 21.8 Å². The Morgan fingerprint density at radius 2 is 1.77 bits per heavy atom. The van der Waals surface area contributed by atoms with E-state index in [4.69, 9.17) is 9.72 Å². The van der Waals surface area contributed by atoms with E-state index in [9.17, 15) is 4.79 Å². The molecule has 1 aliphatic heterocycles. The molecule has 0 N–H and O–H groups in total. The zero-order valence-electron chi connectivity index (χ0n) is 17.1. The molecular formula is C24H22N4O2S. The lowest BCUT2D eigenvalue weighted by atomic mass is 10.1. The number of rotatable bonds is 4. The van der Waals surface area contributed by atoms with Crippen molar-refractivity contribution in [2.24, 2.45) is 7.05 Å². The highest BCUT2D eigenvalue weighted by Crippen LogP contribution is 2.35. The molecule has 0 radical (unpaired) electrons. The van der Waals surface area contributed by atoms with Gasteiger partial charge in [-0.2, -0.15) is 5.10 Å². The Morgan fingerprint density at radius 3 is 2.45 bits per heavy atom. The van der Waals surface area contributed by atoms with Crippen molar-refractivity contribution in [2.75, 3.05) is 19.7 Å². The molecule has 0 unspecified atom stereocenters. The molecule has 0 spiro atoms. The molecule has 5 rings (SSSR count). The largest absolute Gasteiger partial charge is 0.370 e. The Bertz CT molecular complexity index is 1190. The van der Waals surface area contributed by atoms with Crippen LogP contribution in [0.3, 0.4) is 0 Å². The first kappa shape index (κ1) is 19.7. The van der Waals surface area contributed by atoms with Crippen molar-refractivity contribution in [3.63, 3.8) is 0 Å². The van der Waals surface area contributed by atoms with Crippen molar-refractivity contribution < 1.29 is 9.53 Å². The summed E-state index contributed by atoms with van der Waals surface area (Å²) in [7, 11) is 1.88. The Labute approximate surface area is 184 Å². The molecule has 7 heteroatoms. The molecule has 1 atom stereocenters. The van der Waals surface area contributed by atoms with Crippen LogP contribution >= 0.6 is 11.3 Å². The molecule has 1 amide bonds. The van der Waals surface area contributed by atoms with Gasteiger partial charge in [0.1, 0.15) is 16.0 Å². The maximum atomic E-state index is 13.6. The second kappa shape index (κ2) is 8.45. The predicted molar refractivity (Wildman–Crippen MR) is 121 cm³/mol. The van der Waals surface area contributed by atoms with Crippen molar-refractivity contribution in [1.82, 2.24) is 19.7 Å². The summed E-state index contributed by atoms with van der Waals surface area (Å²) in [6.07, 6.45) is 3.57. The number of aromatic nitrogens is 3. The van der Waals surface area contributed by atoms with Gasteiger partial charge in [0.05, 0.1) is 25.0 Å². The lowest BCUT2D eigenvalue weighted by Gasteiger charge is -2.32. The number of nitrogens with zero attached hydrogens (tertiary/aromatic N) is 4. The Balaban J connectivity index is 1.49. The number of ether oxygens (including phenoxy) is 1.